The molecule has 0 aromatic heterocycles. The summed E-state index contributed by atoms with van der Waals surface area (Å²) >= 11 is 0. The Bertz CT molecular complexity index is 846. The van der Waals surface area contributed by atoms with Crippen molar-refractivity contribution in [1.82, 2.24) is 0 Å². The van der Waals surface area contributed by atoms with Crippen molar-refractivity contribution in [3.63, 3.8) is 0 Å². The lowest BCUT2D eigenvalue weighted by Crippen LogP contribution is -2.71. The average Bonchev–Trinajstić information content (AvgIpc) is 3.11. The topological polar surface area (TPSA) is 99.1 Å². The molecule has 1 N–H and O–H groups in total. The number of hydrogen-bond acceptors (Lipinski definition) is 7. The summed E-state index contributed by atoms with van der Waals surface area (Å²) < 4.78 is 17.6. The van der Waals surface area contributed by atoms with Crippen LogP contribution in [-0.2, 0) is 28.6 Å². The van der Waals surface area contributed by atoms with Crippen LogP contribution in [0.25, 0.3) is 0 Å². The van der Waals surface area contributed by atoms with Crippen LogP contribution in [0.2, 0.25) is 0 Å². The highest BCUT2D eigenvalue weighted by molar-refractivity contribution is 6.16. The highest BCUT2D eigenvalue weighted by Gasteiger charge is 2.81. The van der Waals surface area contributed by atoms with Gasteiger partial charge >= 0.3 is 11.9 Å². The summed E-state index contributed by atoms with van der Waals surface area (Å²) in [6.07, 6.45) is 0.542. The van der Waals surface area contributed by atoms with Crippen molar-refractivity contribution in [1.29, 1.82) is 0 Å². The van der Waals surface area contributed by atoms with Crippen molar-refractivity contribution in [2.75, 3.05) is 6.61 Å². The van der Waals surface area contributed by atoms with E-state index in [1.807, 2.05) is 0 Å². The molecule has 0 unspecified atom stereocenters. The van der Waals surface area contributed by atoms with Gasteiger partial charge in [-0.05, 0) is 42.6 Å². The fourth-order valence-corrected chi connectivity index (χ4v) is 7.72. The van der Waals surface area contributed by atoms with Gasteiger partial charge in [0, 0.05) is 23.7 Å². The highest BCUT2D eigenvalue weighted by Crippen LogP contribution is 2.71. The fraction of sp³-hybridized carbons (Fsp3) is 0.783. The number of aliphatic hydroxyl groups is 1. The Kier molecular flexibility index (Phi) is 4.15. The fourth-order valence-electron chi connectivity index (χ4n) is 7.72. The first-order chi connectivity index (χ1) is 14.1. The molecule has 2 spiro atoms. The summed E-state index contributed by atoms with van der Waals surface area (Å²) in [4.78, 5) is 39.5. The van der Waals surface area contributed by atoms with Crippen LogP contribution in [0.15, 0.2) is 12.2 Å². The molecule has 3 aliphatic carbocycles. The Labute approximate surface area is 176 Å². The molecule has 30 heavy (non-hydrogen) atoms. The first-order valence-corrected chi connectivity index (χ1v) is 11.1. The van der Waals surface area contributed by atoms with Gasteiger partial charge in [-0.2, -0.15) is 0 Å². The van der Waals surface area contributed by atoms with Gasteiger partial charge in [0.25, 0.3) is 0 Å². The maximum absolute atomic E-state index is 13.6. The molecule has 0 aromatic carbocycles. The van der Waals surface area contributed by atoms with E-state index in [1.165, 1.54) is 0 Å². The molecule has 0 aromatic rings. The van der Waals surface area contributed by atoms with E-state index in [1.54, 1.807) is 6.92 Å². The van der Waals surface area contributed by atoms with Crippen molar-refractivity contribution >= 4 is 17.7 Å². The van der Waals surface area contributed by atoms with Crippen molar-refractivity contribution in [3.8, 4) is 0 Å². The van der Waals surface area contributed by atoms with Gasteiger partial charge in [-0.3, -0.25) is 14.4 Å². The van der Waals surface area contributed by atoms with E-state index in [-0.39, 0.29) is 36.1 Å². The minimum Gasteiger partial charge on any atom is -0.461 e. The van der Waals surface area contributed by atoms with Crippen LogP contribution in [0.4, 0.5) is 0 Å². The van der Waals surface area contributed by atoms with E-state index in [9.17, 15) is 19.5 Å². The molecule has 2 heterocycles. The van der Waals surface area contributed by atoms with Gasteiger partial charge in [0.05, 0.1) is 6.61 Å². The third-order valence-electron chi connectivity index (χ3n) is 8.89. The number of ether oxygens (including phenoxy) is 3. The number of fused-ring (bicyclic) bond motifs is 1. The zero-order chi connectivity index (χ0) is 21.6. The van der Waals surface area contributed by atoms with Gasteiger partial charge in [0.2, 0.25) is 0 Å². The normalized spacial score (nSPS) is 48.5. The molecule has 2 saturated heterocycles. The van der Waals surface area contributed by atoms with E-state index in [4.69, 9.17) is 14.2 Å². The van der Waals surface area contributed by atoms with E-state index < -0.39 is 47.2 Å². The molecule has 0 amide bonds. The average molecular weight is 418 g/mol. The van der Waals surface area contributed by atoms with E-state index in [0.717, 1.165) is 6.42 Å². The summed E-state index contributed by atoms with van der Waals surface area (Å²) in [5.41, 5.74) is -2.16. The molecular formula is C23H30O7. The van der Waals surface area contributed by atoms with Crippen LogP contribution in [0.3, 0.4) is 0 Å². The second-order valence-electron chi connectivity index (χ2n) is 10.4. The third kappa shape index (κ3) is 2.11. The van der Waals surface area contributed by atoms with E-state index in [0.29, 0.717) is 24.8 Å². The Morgan fingerprint density at radius 3 is 2.70 bits per heavy atom. The zero-order valence-corrected chi connectivity index (χ0v) is 17.8. The van der Waals surface area contributed by atoms with Crippen LogP contribution >= 0.6 is 0 Å². The monoisotopic (exact) mass is 418 g/mol. The summed E-state index contributed by atoms with van der Waals surface area (Å²) in [6.45, 7) is 10.1. The number of hydrogen-bond donors (Lipinski definition) is 1. The SMILES string of the molecule is C=C1C(=O)[C@@]23C(=O)O[C@H]4CCC(C)(C)[C@H]5[C@H](O)OC[C@@]45[C@@H]2CC[C@@H]1[C@H]3OC(=O)CC. The Balaban J connectivity index is 1.71. The second kappa shape index (κ2) is 6.16. The van der Waals surface area contributed by atoms with E-state index in [2.05, 4.69) is 20.4 Å². The minimum absolute atomic E-state index is 0.158. The molecule has 7 heteroatoms. The molecule has 5 fully saturated rings. The second-order valence-corrected chi connectivity index (χ2v) is 10.4. The number of esters is 2. The van der Waals surface area contributed by atoms with Crippen LogP contribution in [-0.4, -0.2) is 47.9 Å². The lowest BCUT2D eigenvalue weighted by molar-refractivity contribution is -0.252. The molecule has 2 bridgehead atoms. The number of carbonyl (C=O) groups excluding carboxylic acids is 3. The smallest absolute Gasteiger partial charge is 0.324 e. The zero-order valence-electron chi connectivity index (χ0n) is 17.8. The van der Waals surface area contributed by atoms with Crippen molar-refractivity contribution in [3.05, 3.63) is 12.2 Å². The number of rotatable bonds is 2. The van der Waals surface area contributed by atoms with Crippen LogP contribution in [0, 0.1) is 34.0 Å². The summed E-state index contributed by atoms with van der Waals surface area (Å²) in [6, 6.07) is 0. The number of ketones is 1. The van der Waals surface area contributed by atoms with Crippen molar-refractivity contribution < 1.29 is 33.7 Å². The molecule has 7 nitrogen and oxygen atoms in total. The molecule has 164 valence electrons. The van der Waals surface area contributed by atoms with Crippen LogP contribution in [0.5, 0.6) is 0 Å². The Morgan fingerprint density at radius 2 is 2.00 bits per heavy atom. The molecule has 0 radical (unpaired) electrons. The number of carbonyl (C=O) groups is 3. The Morgan fingerprint density at radius 1 is 1.27 bits per heavy atom. The summed E-state index contributed by atoms with van der Waals surface area (Å²) in [7, 11) is 0. The predicted octanol–water partition coefficient (Wildman–Crippen LogP) is 2.16. The number of Topliss-reactive ketones (excluding diaryl/α,β-unsaturated/α-hetero) is 1. The highest BCUT2D eigenvalue weighted by atomic mass is 16.6. The summed E-state index contributed by atoms with van der Waals surface area (Å²) in [5, 5.41) is 10.8. The molecule has 5 aliphatic rings. The summed E-state index contributed by atoms with van der Waals surface area (Å²) in [5.74, 6) is -2.46. The first-order valence-electron chi connectivity index (χ1n) is 11.1. The van der Waals surface area contributed by atoms with Crippen LogP contribution < -0.4 is 0 Å². The van der Waals surface area contributed by atoms with Crippen molar-refractivity contribution in [2.45, 2.75) is 71.4 Å². The molecular weight excluding hydrogens is 388 g/mol. The van der Waals surface area contributed by atoms with Gasteiger partial charge < -0.3 is 19.3 Å². The first kappa shape index (κ1) is 20.2. The number of aliphatic hydroxyl groups excluding tert-OH is 1. The van der Waals surface area contributed by atoms with Gasteiger partial charge in [-0.25, -0.2) is 0 Å². The Hall–Kier alpha value is -1.73. The maximum atomic E-state index is 13.6. The third-order valence-corrected chi connectivity index (χ3v) is 8.89. The molecule has 8 atom stereocenters. The predicted molar refractivity (Wildman–Crippen MR) is 104 cm³/mol. The van der Waals surface area contributed by atoms with Crippen molar-refractivity contribution in [2.24, 2.45) is 34.0 Å². The van der Waals surface area contributed by atoms with Gasteiger partial charge in [-0.1, -0.05) is 27.4 Å². The van der Waals surface area contributed by atoms with E-state index >= 15 is 0 Å². The molecule has 2 aliphatic heterocycles. The minimum atomic E-state index is -1.58. The van der Waals surface area contributed by atoms with Crippen LogP contribution in [0.1, 0.15) is 52.9 Å². The molecule has 3 saturated carbocycles. The van der Waals surface area contributed by atoms with Gasteiger partial charge in [0.1, 0.15) is 12.2 Å². The van der Waals surface area contributed by atoms with Gasteiger partial charge in [0.15, 0.2) is 17.5 Å². The standard InChI is InChI=1S/C23H30O7/c1-5-15(24)30-18-12-6-7-13-22-10-28-19(26)16(22)21(3,4)9-8-14(22)29-20(27)23(13,18)17(25)11(12)2/h12-14,16,18-19,26H,2,5-10H2,1,3-4H3/t12-,13-,14-,16+,18+,19+,22+,23-/m0/s1. The molecule has 5 rings (SSSR count). The largest absolute Gasteiger partial charge is 0.461 e. The van der Waals surface area contributed by atoms with Gasteiger partial charge in [-0.15, -0.1) is 0 Å². The maximum Gasteiger partial charge on any atom is 0.324 e. The quantitative estimate of drug-likeness (QED) is 0.417. The lowest BCUT2D eigenvalue weighted by atomic mass is 9.43. The lowest BCUT2D eigenvalue weighted by Gasteiger charge is -2.62.